The molecule has 4 N–H and O–H groups in total. The summed E-state index contributed by atoms with van der Waals surface area (Å²) in [4.78, 5) is 17.7. The SMILES string of the molecule is NCCC1CN(c2ccc(C(N)=O)cn2)c2ccccc21. The van der Waals surface area contributed by atoms with Crippen LogP contribution in [0.1, 0.15) is 28.3 Å². The van der Waals surface area contributed by atoms with E-state index in [4.69, 9.17) is 11.5 Å². The summed E-state index contributed by atoms with van der Waals surface area (Å²) < 4.78 is 0. The lowest BCUT2D eigenvalue weighted by atomic mass is 9.98. The smallest absolute Gasteiger partial charge is 0.250 e. The van der Waals surface area contributed by atoms with E-state index in [9.17, 15) is 4.79 Å². The molecule has 1 aromatic carbocycles. The maximum absolute atomic E-state index is 11.1. The Labute approximate surface area is 123 Å². The van der Waals surface area contributed by atoms with Crippen molar-refractivity contribution < 1.29 is 4.79 Å². The second-order valence-electron chi connectivity index (χ2n) is 5.21. The molecule has 0 radical (unpaired) electrons. The number of para-hydroxylation sites is 1. The highest BCUT2D eigenvalue weighted by molar-refractivity contribution is 5.92. The molecule has 0 bridgehead atoms. The Morgan fingerprint density at radius 3 is 2.76 bits per heavy atom. The highest BCUT2D eigenvalue weighted by atomic mass is 16.1. The van der Waals surface area contributed by atoms with Crippen LogP contribution in [0.2, 0.25) is 0 Å². The number of aromatic nitrogens is 1. The molecule has 0 saturated carbocycles. The Balaban J connectivity index is 1.94. The minimum absolute atomic E-state index is 0.420. The summed E-state index contributed by atoms with van der Waals surface area (Å²) in [5.74, 6) is 0.785. The Bertz CT molecular complexity index is 654. The van der Waals surface area contributed by atoms with Crippen LogP contribution in [-0.4, -0.2) is 24.0 Å². The van der Waals surface area contributed by atoms with Crippen LogP contribution >= 0.6 is 0 Å². The van der Waals surface area contributed by atoms with Crippen molar-refractivity contribution in [1.29, 1.82) is 0 Å². The molecule has 1 aliphatic heterocycles. The van der Waals surface area contributed by atoms with Gasteiger partial charge in [0.2, 0.25) is 5.91 Å². The normalized spacial score (nSPS) is 16.8. The molecule has 1 aliphatic rings. The van der Waals surface area contributed by atoms with Crippen molar-refractivity contribution in [1.82, 2.24) is 4.98 Å². The predicted molar refractivity (Wildman–Crippen MR) is 82.6 cm³/mol. The van der Waals surface area contributed by atoms with Gasteiger partial charge in [0.1, 0.15) is 5.82 Å². The average Bonchev–Trinajstić information content (AvgIpc) is 2.87. The fourth-order valence-electron chi connectivity index (χ4n) is 2.85. The number of rotatable bonds is 4. The lowest BCUT2D eigenvalue weighted by Gasteiger charge is -2.19. The molecule has 2 heterocycles. The summed E-state index contributed by atoms with van der Waals surface area (Å²) >= 11 is 0. The molecule has 0 aliphatic carbocycles. The van der Waals surface area contributed by atoms with E-state index in [1.54, 1.807) is 6.07 Å². The Hall–Kier alpha value is -2.40. The number of amides is 1. The Morgan fingerprint density at radius 1 is 1.29 bits per heavy atom. The van der Waals surface area contributed by atoms with Gasteiger partial charge < -0.3 is 16.4 Å². The number of hydrogen-bond acceptors (Lipinski definition) is 4. The highest BCUT2D eigenvalue weighted by Crippen LogP contribution is 2.41. The maximum atomic E-state index is 11.1. The number of carbonyl (C=O) groups is 1. The number of primary amides is 1. The molecule has 21 heavy (non-hydrogen) atoms. The summed E-state index contributed by atoms with van der Waals surface area (Å²) in [5.41, 5.74) is 13.9. The van der Waals surface area contributed by atoms with E-state index in [1.165, 1.54) is 11.8 Å². The fraction of sp³-hybridized carbons (Fsp3) is 0.250. The fourth-order valence-corrected chi connectivity index (χ4v) is 2.85. The van der Waals surface area contributed by atoms with E-state index in [1.807, 2.05) is 12.1 Å². The van der Waals surface area contributed by atoms with E-state index in [0.717, 1.165) is 24.5 Å². The topological polar surface area (TPSA) is 85.2 Å². The molecule has 1 atom stereocenters. The molecule has 0 spiro atoms. The van der Waals surface area contributed by atoms with Crippen LogP contribution in [0.3, 0.4) is 0 Å². The molecule has 108 valence electrons. The molecule has 1 aromatic heterocycles. The second kappa shape index (κ2) is 5.54. The zero-order valence-corrected chi connectivity index (χ0v) is 11.7. The van der Waals surface area contributed by atoms with Crippen molar-refractivity contribution >= 4 is 17.4 Å². The maximum Gasteiger partial charge on any atom is 0.250 e. The molecule has 5 nitrogen and oxygen atoms in total. The number of carbonyl (C=O) groups excluding carboxylic acids is 1. The van der Waals surface area contributed by atoms with Gasteiger partial charge in [0, 0.05) is 24.3 Å². The van der Waals surface area contributed by atoms with Crippen LogP contribution in [0.5, 0.6) is 0 Å². The standard InChI is InChI=1S/C16H18N4O/c17-8-7-12-10-20(14-4-2-1-3-13(12)14)15-6-5-11(9-19-15)16(18)21/h1-6,9,12H,7-8,10,17H2,(H2,18,21). The minimum Gasteiger partial charge on any atom is -0.366 e. The summed E-state index contributed by atoms with van der Waals surface area (Å²) in [6.45, 7) is 1.53. The quantitative estimate of drug-likeness (QED) is 0.895. The van der Waals surface area contributed by atoms with E-state index < -0.39 is 5.91 Å². The highest BCUT2D eigenvalue weighted by Gasteiger charge is 2.29. The van der Waals surface area contributed by atoms with Gasteiger partial charge in [-0.3, -0.25) is 4.79 Å². The molecular weight excluding hydrogens is 264 g/mol. The number of fused-ring (bicyclic) bond motifs is 1. The largest absolute Gasteiger partial charge is 0.366 e. The molecule has 0 fully saturated rings. The first-order valence-electron chi connectivity index (χ1n) is 7.03. The lowest BCUT2D eigenvalue weighted by molar-refractivity contribution is 0.1000. The van der Waals surface area contributed by atoms with Crippen molar-refractivity contribution in [2.24, 2.45) is 11.5 Å². The number of hydrogen-bond donors (Lipinski definition) is 2. The third-order valence-corrected chi connectivity index (χ3v) is 3.89. The summed E-state index contributed by atoms with van der Waals surface area (Å²) in [5, 5.41) is 0. The Kier molecular flexibility index (Phi) is 3.58. The van der Waals surface area contributed by atoms with Crippen LogP contribution in [0.25, 0.3) is 0 Å². The van der Waals surface area contributed by atoms with Gasteiger partial charge in [-0.05, 0) is 36.7 Å². The van der Waals surface area contributed by atoms with Gasteiger partial charge >= 0.3 is 0 Å². The molecule has 5 heteroatoms. The van der Waals surface area contributed by atoms with Crippen molar-refractivity contribution in [3.05, 3.63) is 53.7 Å². The predicted octanol–water partition coefficient (Wildman–Crippen LogP) is 1.76. The van der Waals surface area contributed by atoms with E-state index in [-0.39, 0.29) is 0 Å². The van der Waals surface area contributed by atoms with Gasteiger partial charge in [-0.1, -0.05) is 18.2 Å². The number of pyridine rings is 1. The zero-order chi connectivity index (χ0) is 14.8. The number of benzene rings is 1. The first-order valence-corrected chi connectivity index (χ1v) is 7.03. The second-order valence-corrected chi connectivity index (χ2v) is 5.21. The number of nitrogens with zero attached hydrogens (tertiary/aromatic N) is 2. The third kappa shape index (κ3) is 2.48. The monoisotopic (exact) mass is 282 g/mol. The van der Waals surface area contributed by atoms with Crippen molar-refractivity contribution in [3.63, 3.8) is 0 Å². The van der Waals surface area contributed by atoms with E-state index >= 15 is 0 Å². The minimum atomic E-state index is -0.461. The summed E-state index contributed by atoms with van der Waals surface area (Å²) in [6.07, 6.45) is 2.48. The molecule has 3 rings (SSSR count). The van der Waals surface area contributed by atoms with Crippen LogP contribution in [-0.2, 0) is 0 Å². The first-order chi connectivity index (χ1) is 10.2. The van der Waals surface area contributed by atoms with Crippen molar-refractivity contribution in [2.45, 2.75) is 12.3 Å². The Morgan fingerprint density at radius 2 is 2.10 bits per heavy atom. The van der Waals surface area contributed by atoms with Crippen molar-refractivity contribution in [2.75, 3.05) is 18.0 Å². The van der Waals surface area contributed by atoms with Gasteiger partial charge in [-0.25, -0.2) is 4.98 Å². The van der Waals surface area contributed by atoms with E-state index in [0.29, 0.717) is 18.0 Å². The van der Waals surface area contributed by atoms with Crippen molar-refractivity contribution in [3.8, 4) is 0 Å². The van der Waals surface area contributed by atoms with Crippen LogP contribution in [0.15, 0.2) is 42.6 Å². The summed E-state index contributed by atoms with van der Waals surface area (Å²) in [6, 6.07) is 11.9. The van der Waals surface area contributed by atoms with Gasteiger partial charge in [0.05, 0.1) is 5.56 Å². The molecule has 2 aromatic rings. The van der Waals surface area contributed by atoms with Gasteiger partial charge in [-0.2, -0.15) is 0 Å². The molecule has 0 saturated heterocycles. The third-order valence-electron chi connectivity index (χ3n) is 3.89. The van der Waals surface area contributed by atoms with Gasteiger partial charge in [0.15, 0.2) is 0 Å². The zero-order valence-electron chi connectivity index (χ0n) is 11.7. The van der Waals surface area contributed by atoms with Crippen LogP contribution < -0.4 is 16.4 Å². The average molecular weight is 282 g/mol. The molecule has 1 amide bonds. The van der Waals surface area contributed by atoms with Crippen LogP contribution in [0, 0.1) is 0 Å². The number of anilines is 2. The molecule has 1 unspecified atom stereocenters. The van der Waals surface area contributed by atoms with Crippen LogP contribution in [0.4, 0.5) is 11.5 Å². The van der Waals surface area contributed by atoms with Gasteiger partial charge in [0.25, 0.3) is 0 Å². The molecular formula is C16H18N4O. The lowest BCUT2D eigenvalue weighted by Crippen LogP contribution is -2.19. The summed E-state index contributed by atoms with van der Waals surface area (Å²) in [7, 11) is 0. The first kappa shape index (κ1) is 13.6. The van der Waals surface area contributed by atoms with E-state index in [2.05, 4.69) is 28.1 Å². The van der Waals surface area contributed by atoms with Gasteiger partial charge in [-0.15, -0.1) is 0 Å². The number of nitrogens with two attached hydrogens (primary N) is 2.